The summed E-state index contributed by atoms with van der Waals surface area (Å²) in [4.78, 5) is 36.0. The highest BCUT2D eigenvalue weighted by Gasteiger charge is 2.27. The van der Waals surface area contributed by atoms with Crippen molar-refractivity contribution < 1.29 is 42.1 Å². The molecule has 0 heterocycles. The Morgan fingerprint density at radius 3 is 0.896 bits per heavy atom. The molecule has 0 aromatic heterocycles. The van der Waals surface area contributed by atoms with E-state index in [0.717, 1.165) is 89.9 Å². The van der Waals surface area contributed by atoms with Gasteiger partial charge in [-0.15, -0.1) is 0 Å². The maximum absolute atomic E-state index is 12.9. The number of phosphoric acid groups is 1. The van der Waals surface area contributed by atoms with E-state index in [1.807, 2.05) is 21.1 Å². The van der Waals surface area contributed by atoms with Crippen molar-refractivity contribution in [3.05, 3.63) is 97.2 Å². The Morgan fingerprint density at radius 2 is 0.594 bits per heavy atom. The number of esters is 2. The van der Waals surface area contributed by atoms with E-state index in [-0.39, 0.29) is 32.0 Å². The number of unbranched alkanes of at least 4 members (excludes halogenated alkanes) is 46. The molecule has 0 aliphatic carbocycles. The highest BCUT2D eigenvalue weighted by molar-refractivity contribution is 7.47. The Hall–Kier alpha value is -3.07. The largest absolute Gasteiger partial charge is 0.472 e. The van der Waals surface area contributed by atoms with Gasteiger partial charge in [-0.3, -0.25) is 18.6 Å². The van der Waals surface area contributed by atoms with E-state index in [1.54, 1.807) is 0 Å². The third-order valence-electron chi connectivity index (χ3n) is 18.1. The van der Waals surface area contributed by atoms with E-state index in [1.165, 1.54) is 263 Å². The highest BCUT2D eigenvalue weighted by atomic mass is 31.2. The number of quaternary nitrogens is 1. The smallest absolute Gasteiger partial charge is 0.462 e. The van der Waals surface area contributed by atoms with E-state index >= 15 is 0 Å². The fourth-order valence-corrected chi connectivity index (χ4v) is 12.6. The van der Waals surface area contributed by atoms with Crippen LogP contribution in [-0.4, -0.2) is 74.9 Å². The molecule has 9 nitrogen and oxygen atoms in total. The van der Waals surface area contributed by atoms with Gasteiger partial charge in [0.2, 0.25) is 0 Å². The van der Waals surface area contributed by atoms with Gasteiger partial charge in [-0.2, -0.15) is 0 Å². The van der Waals surface area contributed by atoms with E-state index < -0.39 is 26.5 Å². The minimum Gasteiger partial charge on any atom is -0.462 e. The lowest BCUT2D eigenvalue weighted by molar-refractivity contribution is -0.870. The van der Waals surface area contributed by atoms with Crippen LogP contribution in [0.5, 0.6) is 0 Å². The summed E-state index contributed by atoms with van der Waals surface area (Å²) in [6.07, 6.45) is 107. The molecule has 96 heavy (non-hydrogen) atoms. The first kappa shape index (κ1) is 92.9. The quantitative estimate of drug-likeness (QED) is 0.0211. The molecule has 0 bridgehead atoms. The second-order valence-corrected chi connectivity index (χ2v) is 30.2. The van der Waals surface area contributed by atoms with Crippen LogP contribution in [0.4, 0.5) is 0 Å². The summed E-state index contributed by atoms with van der Waals surface area (Å²) in [7, 11) is 1.48. The van der Waals surface area contributed by atoms with Gasteiger partial charge in [0, 0.05) is 12.8 Å². The Morgan fingerprint density at radius 1 is 0.333 bits per heavy atom. The van der Waals surface area contributed by atoms with Crippen molar-refractivity contribution >= 4 is 19.8 Å². The molecule has 2 unspecified atom stereocenters. The fraction of sp³-hybridized carbons (Fsp3) is 0.791. The van der Waals surface area contributed by atoms with Crippen molar-refractivity contribution in [3.63, 3.8) is 0 Å². The number of carbonyl (C=O) groups excluding carboxylic acids is 2. The molecular formula is C86H157NO8P+. The van der Waals surface area contributed by atoms with Gasteiger partial charge < -0.3 is 18.9 Å². The Labute approximate surface area is 595 Å². The predicted molar refractivity (Wildman–Crippen MR) is 418 cm³/mol. The van der Waals surface area contributed by atoms with Crippen molar-refractivity contribution in [1.29, 1.82) is 0 Å². The molecule has 0 fully saturated rings. The van der Waals surface area contributed by atoms with Crippen LogP contribution in [0.1, 0.15) is 386 Å². The van der Waals surface area contributed by atoms with Gasteiger partial charge in [-0.1, -0.05) is 374 Å². The topological polar surface area (TPSA) is 108 Å². The number of rotatable bonds is 76. The zero-order valence-electron chi connectivity index (χ0n) is 63.9. The highest BCUT2D eigenvalue weighted by Crippen LogP contribution is 2.43. The second kappa shape index (κ2) is 76.1. The number of likely N-dealkylation sites (N-methyl/N-ethyl adjacent to an activating group) is 1. The van der Waals surface area contributed by atoms with Gasteiger partial charge in [-0.25, -0.2) is 4.57 Å². The van der Waals surface area contributed by atoms with Crippen LogP contribution in [-0.2, 0) is 32.7 Å². The lowest BCUT2D eigenvalue weighted by Gasteiger charge is -2.24. The van der Waals surface area contributed by atoms with Crippen molar-refractivity contribution in [1.82, 2.24) is 0 Å². The number of hydrogen-bond donors (Lipinski definition) is 1. The number of carbonyl (C=O) groups is 2. The molecule has 0 aliphatic heterocycles. The Balaban J connectivity index is 3.94. The number of nitrogens with zero attached hydrogens (tertiary/aromatic N) is 1. The Bertz CT molecular complexity index is 1940. The number of phosphoric ester groups is 1. The Kier molecular flexibility index (Phi) is 73.7. The molecule has 0 rings (SSSR count). The normalized spacial score (nSPS) is 13.5. The monoisotopic (exact) mass is 1360 g/mol. The van der Waals surface area contributed by atoms with E-state index in [0.29, 0.717) is 17.4 Å². The summed E-state index contributed by atoms with van der Waals surface area (Å²) in [6, 6.07) is 0. The van der Waals surface area contributed by atoms with Crippen LogP contribution in [0.15, 0.2) is 97.2 Å². The molecule has 10 heteroatoms. The van der Waals surface area contributed by atoms with E-state index in [9.17, 15) is 19.0 Å². The van der Waals surface area contributed by atoms with E-state index in [4.69, 9.17) is 18.5 Å². The summed E-state index contributed by atoms with van der Waals surface area (Å²) >= 11 is 0. The zero-order valence-corrected chi connectivity index (χ0v) is 64.7. The standard InChI is InChI=1S/C86H156NO8P/c1-6-8-10-12-14-16-18-20-22-24-26-28-30-32-34-36-38-40-41-42-43-44-45-47-48-50-52-54-56-58-60-62-64-66-68-70-72-74-76-78-85(88)92-82-84(83-94-96(90,91)93-81-80-87(3,4)5)95-86(89)79-77-75-73-71-69-67-65-63-61-59-57-55-53-51-49-46-39-37-35-33-31-29-27-25-23-21-19-17-15-13-11-9-7-2/h9,11,15,17,21,23-24,26-27,29,33,35,39,46,51,53,84H,6-8,10,12-14,16,18-20,22,25,28,30-32,34,36-38,40-45,47-50,52,54-83H2,1-5H3/p+1/b11-9-,17-15-,23-21-,26-24-,29-27-,35-33-,46-39-,53-51-. The van der Waals surface area contributed by atoms with E-state index in [2.05, 4.69) is 111 Å². The van der Waals surface area contributed by atoms with Gasteiger partial charge in [0.1, 0.15) is 19.8 Å². The van der Waals surface area contributed by atoms with Gasteiger partial charge >= 0.3 is 19.8 Å². The third kappa shape index (κ3) is 79.9. The molecule has 2 atom stereocenters. The lowest BCUT2D eigenvalue weighted by Crippen LogP contribution is -2.37. The van der Waals surface area contributed by atoms with Crippen LogP contribution in [0.3, 0.4) is 0 Å². The van der Waals surface area contributed by atoms with Crippen LogP contribution >= 0.6 is 7.82 Å². The first-order valence-corrected chi connectivity index (χ1v) is 42.5. The summed E-state index contributed by atoms with van der Waals surface area (Å²) in [5.74, 6) is -0.788. The maximum atomic E-state index is 12.9. The molecule has 0 aromatic carbocycles. The van der Waals surface area contributed by atoms with Crippen molar-refractivity contribution in [3.8, 4) is 0 Å². The minimum atomic E-state index is -4.40. The second-order valence-electron chi connectivity index (χ2n) is 28.8. The average molecular weight is 1360 g/mol. The summed E-state index contributed by atoms with van der Waals surface area (Å²) in [5, 5.41) is 0. The average Bonchev–Trinajstić information content (AvgIpc) is 1.48. The fourth-order valence-electron chi connectivity index (χ4n) is 11.9. The first-order valence-electron chi connectivity index (χ1n) is 41.0. The van der Waals surface area contributed by atoms with Crippen molar-refractivity contribution in [2.45, 2.75) is 392 Å². The van der Waals surface area contributed by atoms with Gasteiger partial charge in [0.15, 0.2) is 6.10 Å². The molecular weight excluding hydrogens is 1210 g/mol. The molecule has 0 saturated heterocycles. The molecule has 558 valence electrons. The number of hydrogen-bond acceptors (Lipinski definition) is 7. The van der Waals surface area contributed by atoms with Crippen molar-refractivity contribution in [2.75, 3.05) is 47.5 Å². The minimum absolute atomic E-state index is 0.0294. The number of allylic oxidation sites excluding steroid dienone is 16. The van der Waals surface area contributed by atoms with Crippen LogP contribution in [0.25, 0.3) is 0 Å². The molecule has 0 aliphatic rings. The van der Waals surface area contributed by atoms with Crippen molar-refractivity contribution in [2.24, 2.45) is 0 Å². The lowest BCUT2D eigenvalue weighted by atomic mass is 10.0. The molecule has 0 aromatic rings. The molecule has 1 N–H and O–H groups in total. The zero-order chi connectivity index (χ0) is 69.7. The molecule has 0 amide bonds. The van der Waals surface area contributed by atoms with Gasteiger partial charge in [-0.05, 0) is 96.3 Å². The third-order valence-corrected chi connectivity index (χ3v) is 19.1. The van der Waals surface area contributed by atoms with Crippen LogP contribution in [0.2, 0.25) is 0 Å². The summed E-state index contributed by atoms with van der Waals surface area (Å²) in [6.45, 7) is 4.36. The molecule has 0 radical (unpaired) electrons. The van der Waals surface area contributed by atoms with Gasteiger partial charge in [0.25, 0.3) is 0 Å². The van der Waals surface area contributed by atoms with Crippen LogP contribution < -0.4 is 0 Å². The summed E-state index contributed by atoms with van der Waals surface area (Å²) < 4.78 is 34.8. The first-order chi connectivity index (χ1) is 47.0. The van der Waals surface area contributed by atoms with Crippen LogP contribution in [0, 0.1) is 0 Å². The molecule has 0 saturated carbocycles. The SMILES string of the molecule is CC/C=C\C/C=C\C/C=C\C/C=C\C/C=C\C/C=C\C/C=C\CCCCCCCCCCCCCC(=O)OC(COC(=O)CCCCCCCCCCCCCCCCCCCCCCCCCCCCC/C=C\CCCCCCCCCC)COP(=O)(O)OCC[N+](C)(C)C. The summed E-state index contributed by atoms with van der Waals surface area (Å²) in [5.41, 5.74) is 0. The van der Waals surface area contributed by atoms with Gasteiger partial charge in [0.05, 0.1) is 27.7 Å². The number of ether oxygens (including phenoxy) is 2. The predicted octanol–water partition coefficient (Wildman–Crippen LogP) is 27.4. The maximum Gasteiger partial charge on any atom is 0.472 e. The molecule has 0 spiro atoms.